The standard InChI is InChI=1S/C20H19N5O/c21-8-13-3-5-16-15(7-13)19-17(9-22-16)23-20(24-19)14-4-6-18(26)25(11-14)10-12-1-2-12/h3,5,7,9,12,14H,1-2,4,6,10-11H2,(H,23,24). The van der Waals surface area contributed by atoms with E-state index in [4.69, 9.17) is 4.98 Å². The SMILES string of the molecule is N#Cc1ccc2ncc3[nH]c(C4CCC(=O)N(CC5CC5)C4)nc3c2c1. The lowest BCUT2D eigenvalue weighted by molar-refractivity contribution is -0.134. The molecule has 1 atom stereocenters. The number of rotatable bonds is 3. The van der Waals surface area contributed by atoms with E-state index in [0.29, 0.717) is 17.9 Å². The Balaban J connectivity index is 1.51. The summed E-state index contributed by atoms with van der Waals surface area (Å²) in [6, 6.07) is 7.66. The lowest BCUT2D eigenvalue weighted by atomic mass is 9.96. The molecule has 0 bridgehead atoms. The highest BCUT2D eigenvalue weighted by Gasteiger charge is 2.32. The summed E-state index contributed by atoms with van der Waals surface area (Å²) in [5.41, 5.74) is 3.18. The monoisotopic (exact) mass is 345 g/mol. The second kappa shape index (κ2) is 5.80. The van der Waals surface area contributed by atoms with E-state index in [-0.39, 0.29) is 11.8 Å². The third-order valence-electron chi connectivity index (χ3n) is 5.53. The number of carbonyl (C=O) groups is 1. The fraction of sp³-hybridized carbons (Fsp3) is 0.400. The zero-order chi connectivity index (χ0) is 17.7. The van der Waals surface area contributed by atoms with Gasteiger partial charge in [-0.2, -0.15) is 5.26 Å². The minimum atomic E-state index is 0.230. The van der Waals surface area contributed by atoms with Crippen molar-refractivity contribution in [2.75, 3.05) is 13.1 Å². The maximum Gasteiger partial charge on any atom is 0.222 e. The fourth-order valence-electron chi connectivity index (χ4n) is 3.87. The van der Waals surface area contributed by atoms with Crippen LogP contribution in [0.25, 0.3) is 21.9 Å². The van der Waals surface area contributed by atoms with Gasteiger partial charge in [-0.3, -0.25) is 9.78 Å². The van der Waals surface area contributed by atoms with Crippen LogP contribution in [-0.4, -0.2) is 38.8 Å². The van der Waals surface area contributed by atoms with Crippen molar-refractivity contribution in [2.24, 2.45) is 5.92 Å². The van der Waals surface area contributed by atoms with Gasteiger partial charge in [-0.05, 0) is 43.4 Å². The van der Waals surface area contributed by atoms with Gasteiger partial charge in [0.05, 0.1) is 34.4 Å². The normalized spacial score (nSPS) is 20.7. The van der Waals surface area contributed by atoms with E-state index in [1.54, 1.807) is 12.3 Å². The molecule has 2 aromatic heterocycles. The Labute approximate surface area is 150 Å². The first-order valence-electron chi connectivity index (χ1n) is 9.17. The molecule has 1 unspecified atom stereocenters. The second-order valence-electron chi connectivity index (χ2n) is 7.46. The number of hydrogen-bond donors (Lipinski definition) is 1. The van der Waals surface area contributed by atoms with E-state index in [9.17, 15) is 10.1 Å². The minimum absolute atomic E-state index is 0.230. The molecule has 1 saturated carbocycles. The van der Waals surface area contributed by atoms with Crippen LogP contribution in [0.3, 0.4) is 0 Å². The molecule has 0 spiro atoms. The van der Waals surface area contributed by atoms with E-state index in [1.165, 1.54) is 12.8 Å². The molecule has 1 N–H and O–H groups in total. The summed E-state index contributed by atoms with van der Waals surface area (Å²) >= 11 is 0. The Morgan fingerprint density at radius 3 is 3.00 bits per heavy atom. The number of H-pyrrole nitrogens is 1. The van der Waals surface area contributed by atoms with E-state index >= 15 is 0 Å². The topological polar surface area (TPSA) is 85.7 Å². The van der Waals surface area contributed by atoms with E-state index < -0.39 is 0 Å². The van der Waals surface area contributed by atoms with E-state index in [1.807, 2.05) is 17.0 Å². The summed E-state index contributed by atoms with van der Waals surface area (Å²) in [6.07, 6.45) is 5.72. The number of benzene rings is 1. The molecule has 2 aliphatic rings. The number of nitriles is 1. The third-order valence-corrected chi connectivity index (χ3v) is 5.53. The van der Waals surface area contributed by atoms with Gasteiger partial charge in [-0.1, -0.05) is 0 Å². The number of amides is 1. The maximum atomic E-state index is 12.2. The van der Waals surface area contributed by atoms with Crippen molar-refractivity contribution in [2.45, 2.75) is 31.6 Å². The lowest BCUT2D eigenvalue weighted by Gasteiger charge is -2.31. The number of aromatic amines is 1. The lowest BCUT2D eigenvalue weighted by Crippen LogP contribution is -2.40. The fourth-order valence-corrected chi connectivity index (χ4v) is 3.87. The van der Waals surface area contributed by atoms with Crippen LogP contribution in [0, 0.1) is 17.2 Å². The van der Waals surface area contributed by atoms with Crippen LogP contribution in [0.15, 0.2) is 24.4 Å². The van der Waals surface area contributed by atoms with Crippen LogP contribution in [0.1, 0.15) is 43.0 Å². The largest absolute Gasteiger partial charge is 0.342 e. The average molecular weight is 345 g/mol. The molecule has 0 radical (unpaired) electrons. The quantitative estimate of drug-likeness (QED) is 0.790. The highest BCUT2D eigenvalue weighted by Crippen LogP contribution is 2.34. The number of aromatic nitrogens is 3. The number of likely N-dealkylation sites (tertiary alicyclic amines) is 1. The molecule has 130 valence electrons. The predicted octanol–water partition coefficient (Wildman–Crippen LogP) is 3.10. The van der Waals surface area contributed by atoms with Gasteiger partial charge in [0.15, 0.2) is 0 Å². The zero-order valence-electron chi connectivity index (χ0n) is 14.4. The molecule has 1 aliphatic carbocycles. The van der Waals surface area contributed by atoms with E-state index in [2.05, 4.69) is 16.0 Å². The predicted molar refractivity (Wildman–Crippen MR) is 97.4 cm³/mol. The molecule has 1 saturated heterocycles. The molecule has 2 fully saturated rings. The molecular weight excluding hydrogens is 326 g/mol. The Hall–Kier alpha value is -2.94. The van der Waals surface area contributed by atoms with Crippen molar-refractivity contribution < 1.29 is 4.79 Å². The van der Waals surface area contributed by atoms with Crippen molar-refractivity contribution in [3.8, 4) is 6.07 Å². The summed E-state index contributed by atoms with van der Waals surface area (Å²) in [5.74, 6) is 2.12. The Bertz CT molecular complexity index is 1060. The molecule has 26 heavy (non-hydrogen) atoms. The van der Waals surface area contributed by atoms with Gasteiger partial charge in [0, 0.05) is 30.8 Å². The van der Waals surface area contributed by atoms with Crippen LogP contribution < -0.4 is 0 Å². The summed E-state index contributed by atoms with van der Waals surface area (Å²) in [5, 5.41) is 10.1. The molecule has 1 aromatic carbocycles. The Morgan fingerprint density at radius 2 is 2.19 bits per heavy atom. The first-order chi connectivity index (χ1) is 12.7. The average Bonchev–Trinajstić information content (AvgIpc) is 3.37. The molecule has 6 nitrogen and oxygen atoms in total. The highest BCUT2D eigenvalue weighted by atomic mass is 16.2. The summed E-state index contributed by atoms with van der Waals surface area (Å²) < 4.78 is 0. The number of nitrogens with one attached hydrogen (secondary N) is 1. The highest BCUT2D eigenvalue weighted by molar-refractivity contribution is 6.02. The zero-order valence-corrected chi connectivity index (χ0v) is 14.4. The van der Waals surface area contributed by atoms with Gasteiger partial charge in [-0.15, -0.1) is 0 Å². The van der Waals surface area contributed by atoms with Gasteiger partial charge in [0.25, 0.3) is 0 Å². The minimum Gasteiger partial charge on any atom is -0.342 e. The van der Waals surface area contributed by atoms with Crippen LogP contribution >= 0.6 is 0 Å². The molecule has 3 heterocycles. The van der Waals surface area contributed by atoms with Gasteiger partial charge < -0.3 is 9.88 Å². The van der Waals surface area contributed by atoms with Gasteiger partial charge in [0.2, 0.25) is 5.91 Å². The smallest absolute Gasteiger partial charge is 0.222 e. The first-order valence-corrected chi connectivity index (χ1v) is 9.17. The van der Waals surface area contributed by atoms with E-state index in [0.717, 1.165) is 47.3 Å². The molecule has 5 rings (SSSR count). The maximum absolute atomic E-state index is 12.2. The van der Waals surface area contributed by atoms with Crippen molar-refractivity contribution in [1.29, 1.82) is 5.26 Å². The molecule has 1 aliphatic heterocycles. The van der Waals surface area contributed by atoms with Crippen molar-refractivity contribution in [3.05, 3.63) is 35.8 Å². The van der Waals surface area contributed by atoms with Gasteiger partial charge in [-0.25, -0.2) is 4.98 Å². The molecule has 6 heteroatoms. The van der Waals surface area contributed by atoms with Crippen LogP contribution in [-0.2, 0) is 4.79 Å². The van der Waals surface area contributed by atoms with Crippen molar-refractivity contribution in [3.63, 3.8) is 0 Å². The number of carbonyl (C=O) groups excluding carboxylic acids is 1. The number of piperidine rings is 1. The number of nitrogens with zero attached hydrogens (tertiary/aromatic N) is 4. The van der Waals surface area contributed by atoms with Crippen LogP contribution in [0.4, 0.5) is 0 Å². The first kappa shape index (κ1) is 15.3. The third kappa shape index (κ3) is 2.60. The summed E-state index contributed by atoms with van der Waals surface area (Å²) in [6.45, 7) is 1.63. The number of imidazole rings is 1. The number of hydrogen-bond acceptors (Lipinski definition) is 4. The second-order valence-corrected chi connectivity index (χ2v) is 7.46. The number of pyridine rings is 1. The summed E-state index contributed by atoms with van der Waals surface area (Å²) in [7, 11) is 0. The molecule has 1 amide bonds. The Kier molecular flexibility index (Phi) is 3.42. The van der Waals surface area contributed by atoms with Crippen LogP contribution in [0.5, 0.6) is 0 Å². The van der Waals surface area contributed by atoms with Crippen molar-refractivity contribution in [1.82, 2.24) is 19.9 Å². The van der Waals surface area contributed by atoms with Crippen LogP contribution in [0.2, 0.25) is 0 Å². The molecular formula is C20H19N5O. The van der Waals surface area contributed by atoms with Crippen molar-refractivity contribution >= 4 is 27.8 Å². The molecule has 3 aromatic rings. The number of fused-ring (bicyclic) bond motifs is 3. The van der Waals surface area contributed by atoms with Gasteiger partial charge >= 0.3 is 0 Å². The summed E-state index contributed by atoms with van der Waals surface area (Å²) in [4.78, 5) is 27.0. The Morgan fingerprint density at radius 1 is 1.31 bits per heavy atom. The van der Waals surface area contributed by atoms with Gasteiger partial charge in [0.1, 0.15) is 5.82 Å².